The Labute approximate surface area is 198 Å². The van der Waals surface area contributed by atoms with E-state index in [0.29, 0.717) is 28.7 Å². The minimum Gasteiger partial charge on any atom is -0.489 e. The monoisotopic (exact) mass is 469 g/mol. The summed E-state index contributed by atoms with van der Waals surface area (Å²) in [5.74, 6) is 1.07. The van der Waals surface area contributed by atoms with Gasteiger partial charge in [-0.25, -0.2) is 0 Å². The molecule has 1 fully saturated rings. The number of rotatable bonds is 9. The number of H-pyrrole nitrogens is 1. The van der Waals surface area contributed by atoms with Crippen LogP contribution < -0.4 is 14.8 Å². The summed E-state index contributed by atoms with van der Waals surface area (Å²) in [6.07, 6.45) is 1.99. The number of hydrogen-bond donors (Lipinski definition) is 3. The predicted molar refractivity (Wildman–Crippen MR) is 128 cm³/mol. The lowest BCUT2D eigenvalue weighted by molar-refractivity contribution is 0.0722. The molecule has 0 saturated carbocycles. The van der Waals surface area contributed by atoms with Gasteiger partial charge in [0.05, 0.1) is 5.69 Å². The normalized spacial score (nSPS) is 17.0. The summed E-state index contributed by atoms with van der Waals surface area (Å²) in [6.45, 7) is 4.13. The summed E-state index contributed by atoms with van der Waals surface area (Å²) < 4.78 is 11.9. The summed E-state index contributed by atoms with van der Waals surface area (Å²) in [5.41, 5.74) is 2.02. The third-order valence-corrected chi connectivity index (χ3v) is 5.73. The molecule has 3 N–H and O–H groups in total. The number of nitrogens with zero attached hydrogens (tertiary/aromatic N) is 1. The Hall–Kier alpha value is -3.00. The molecule has 1 aliphatic heterocycles. The number of amides is 1. The molecule has 2 unspecified atom stereocenters. The number of β-amino-alcohol motifs (C(OH)–C–C–N with tert-alkyl or cyclic N) is 1. The first-order valence-corrected chi connectivity index (χ1v) is 11.3. The standard InChI is InChI=1S/C25H28ClN3O4/c1-17-4-9-22(28-25(31)23-3-2-11-27-23)24(13-17)32-16-19(30)14-29-12-10-21(15-29)33-20-7-5-18(26)6-8-20/h2-9,11,13,19,21,27,30H,10,12,14-16H2,1H3,(H,28,31). The highest BCUT2D eigenvalue weighted by molar-refractivity contribution is 6.30. The van der Waals surface area contributed by atoms with Crippen molar-refractivity contribution < 1.29 is 19.4 Å². The first-order valence-electron chi connectivity index (χ1n) is 11.0. The van der Waals surface area contributed by atoms with Gasteiger partial charge in [0.2, 0.25) is 0 Å². The van der Waals surface area contributed by atoms with E-state index in [1.165, 1.54) is 0 Å². The number of carbonyl (C=O) groups excluding carboxylic acids is 1. The fourth-order valence-corrected chi connectivity index (χ4v) is 3.94. The molecule has 1 amide bonds. The zero-order valence-corrected chi connectivity index (χ0v) is 19.2. The number of aryl methyl sites for hydroxylation is 1. The number of aromatic amines is 1. The fraction of sp³-hybridized carbons (Fsp3) is 0.320. The van der Waals surface area contributed by atoms with Crippen molar-refractivity contribution in [1.82, 2.24) is 9.88 Å². The second-order valence-corrected chi connectivity index (χ2v) is 8.68. The number of benzene rings is 2. The van der Waals surface area contributed by atoms with Gasteiger partial charge >= 0.3 is 0 Å². The van der Waals surface area contributed by atoms with Gasteiger partial charge in [0.25, 0.3) is 5.91 Å². The second-order valence-electron chi connectivity index (χ2n) is 8.24. The fourth-order valence-electron chi connectivity index (χ4n) is 3.81. The Morgan fingerprint density at radius 2 is 2.09 bits per heavy atom. The van der Waals surface area contributed by atoms with E-state index in [4.69, 9.17) is 21.1 Å². The molecule has 1 aliphatic rings. The number of aromatic nitrogens is 1. The van der Waals surface area contributed by atoms with Crippen LogP contribution in [-0.2, 0) is 0 Å². The minimum absolute atomic E-state index is 0.0749. The highest BCUT2D eigenvalue weighted by atomic mass is 35.5. The molecule has 1 saturated heterocycles. The smallest absolute Gasteiger partial charge is 0.272 e. The van der Waals surface area contributed by atoms with Crippen molar-refractivity contribution in [2.24, 2.45) is 0 Å². The topological polar surface area (TPSA) is 86.8 Å². The summed E-state index contributed by atoms with van der Waals surface area (Å²) in [6, 6.07) is 16.4. The summed E-state index contributed by atoms with van der Waals surface area (Å²) in [5, 5.41) is 14.1. The van der Waals surface area contributed by atoms with E-state index < -0.39 is 6.10 Å². The van der Waals surface area contributed by atoms with Crippen LogP contribution in [0.1, 0.15) is 22.5 Å². The lowest BCUT2D eigenvalue weighted by Crippen LogP contribution is -2.35. The number of anilines is 1. The van der Waals surface area contributed by atoms with E-state index in [1.807, 2.05) is 43.3 Å². The Bertz CT molecular complexity index is 1060. The first-order chi connectivity index (χ1) is 16.0. The number of aliphatic hydroxyl groups excluding tert-OH is 1. The molecule has 0 spiro atoms. The zero-order chi connectivity index (χ0) is 23.2. The van der Waals surface area contributed by atoms with Crippen LogP contribution in [0.2, 0.25) is 5.02 Å². The van der Waals surface area contributed by atoms with Crippen molar-refractivity contribution in [3.8, 4) is 11.5 Å². The van der Waals surface area contributed by atoms with Crippen molar-refractivity contribution in [2.45, 2.75) is 25.6 Å². The van der Waals surface area contributed by atoms with Crippen molar-refractivity contribution in [2.75, 3.05) is 31.6 Å². The number of halogens is 1. The Morgan fingerprint density at radius 1 is 1.27 bits per heavy atom. The van der Waals surface area contributed by atoms with Crippen LogP contribution in [0.4, 0.5) is 5.69 Å². The van der Waals surface area contributed by atoms with Crippen LogP contribution in [0.15, 0.2) is 60.8 Å². The average molecular weight is 470 g/mol. The van der Waals surface area contributed by atoms with Gasteiger partial charge in [0.15, 0.2) is 0 Å². The number of likely N-dealkylation sites (tertiary alicyclic amines) is 1. The van der Waals surface area contributed by atoms with Crippen LogP contribution >= 0.6 is 11.6 Å². The van der Waals surface area contributed by atoms with Gasteiger partial charge in [-0.2, -0.15) is 0 Å². The third kappa shape index (κ3) is 6.51. The second kappa shape index (κ2) is 10.7. The van der Waals surface area contributed by atoms with Gasteiger partial charge in [-0.05, 0) is 67.4 Å². The quantitative estimate of drug-likeness (QED) is 0.439. The van der Waals surface area contributed by atoms with Crippen LogP contribution in [0.25, 0.3) is 0 Å². The largest absolute Gasteiger partial charge is 0.489 e. The highest BCUT2D eigenvalue weighted by Crippen LogP contribution is 2.27. The SMILES string of the molecule is Cc1ccc(NC(=O)c2ccc[nH]2)c(OCC(O)CN2CCC(Oc3ccc(Cl)cc3)C2)c1. The molecule has 2 aromatic carbocycles. The maximum absolute atomic E-state index is 12.4. The molecule has 174 valence electrons. The van der Waals surface area contributed by atoms with Gasteiger partial charge in [-0.3, -0.25) is 9.69 Å². The van der Waals surface area contributed by atoms with E-state index in [2.05, 4.69) is 15.2 Å². The molecule has 3 aromatic rings. The van der Waals surface area contributed by atoms with Gasteiger partial charge in [-0.15, -0.1) is 0 Å². The number of ether oxygens (including phenoxy) is 2. The first kappa shape index (κ1) is 23.2. The summed E-state index contributed by atoms with van der Waals surface area (Å²) >= 11 is 5.92. The molecule has 1 aromatic heterocycles. The lowest BCUT2D eigenvalue weighted by atomic mass is 10.2. The lowest BCUT2D eigenvalue weighted by Gasteiger charge is -2.21. The molecule has 4 rings (SSSR count). The van der Waals surface area contributed by atoms with Crippen molar-refractivity contribution in [3.63, 3.8) is 0 Å². The van der Waals surface area contributed by atoms with Crippen LogP contribution in [0.3, 0.4) is 0 Å². The highest BCUT2D eigenvalue weighted by Gasteiger charge is 2.26. The van der Waals surface area contributed by atoms with Crippen LogP contribution in [0.5, 0.6) is 11.5 Å². The molecular weight excluding hydrogens is 442 g/mol. The number of aliphatic hydroxyl groups is 1. The Kier molecular flexibility index (Phi) is 7.54. The predicted octanol–water partition coefficient (Wildman–Crippen LogP) is 4.12. The summed E-state index contributed by atoms with van der Waals surface area (Å²) in [7, 11) is 0. The van der Waals surface area contributed by atoms with Gasteiger partial charge in [-0.1, -0.05) is 17.7 Å². The van der Waals surface area contributed by atoms with E-state index in [1.54, 1.807) is 24.4 Å². The van der Waals surface area contributed by atoms with Gasteiger partial charge in [0, 0.05) is 30.9 Å². The molecule has 2 heterocycles. The van der Waals surface area contributed by atoms with E-state index in [-0.39, 0.29) is 18.6 Å². The Morgan fingerprint density at radius 3 is 2.85 bits per heavy atom. The van der Waals surface area contributed by atoms with Crippen LogP contribution in [-0.4, -0.2) is 59.3 Å². The molecule has 0 radical (unpaired) electrons. The molecular formula is C25H28ClN3O4. The molecule has 2 atom stereocenters. The van der Waals surface area contributed by atoms with Crippen molar-refractivity contribution in [3.05, 3.63) is 77.1 Å². The maximum atomic E-state index is 12.4. The van der Waals surface area contributed by atoms with Gasteiger partial charge < -0.3 is 24.9 Å². The minimum atomic E-state index is -0.674. The van der Waals surface area contributed by atoms with E-state index in [9.17, 15) is 9.90 Å². The summed E-state index contributed by atoms with van der Waals surface area (Å²) in [4.78, 5) is 17.4. The molecule has 33 heavy (non-hydrogen) atoms. The zero-order valence-electron chi connectivity index (χ0n) is 18.5. The number of carbonyl (C=O) groups is 1. The van der Waals surface area contributed by atoms with E-state index in [0.717, 1.165) is 30.8 Å². The number of hydrogen-bond acceptors (Lipinski definition) is 5. The average Bonchev–Trinajstić information content (AvgIpc) is 3.48. The maximum Gasteiger partial charge on any atom is 0.272 e. The van der Waals surface area contributed by atoms with Crippen LogP contribution in [0, 0.1) is 6.92 Å². The third-order valence-electron chi connectivity index (χ3n) is 5.47. The molecule has 0 aliphatic carbocycles. The molecule has 0 bridgehead atoms. The molecule has 8 heteroatoms. The number of nitrogens with one attached hydrogen (secondary N) is 2. The van der Waals surface area contributed by atoms with Gasteiger partial charge in [0.1, 0.15) is 36.0 Å². The van der Waals surface area contributed by atoms with Crippen molar-refractivity contribution in [1.29, 1.82) is 0 Å². The van der Waals surface area contributed by atoms with Crippen molar-refractivity contribution >= 4 is 23.2 Å². The molecule has 7 nitrogen and oxygen atoms in total. The van der Waals surface area contributed by atoms with E-state index >= 15 is 0 Å². The Balaban J connectivity index is 1.27.